The summed E-state index contributed by atoms with van der Waals surface area (Å²) < 4.78 is 10.1. The van der Waals surface area contributed by atoms with Crippen molar-refractivity contribution >= 4 is 23.7 Å². The van der Waals surface area contributed by atoms with Crippen LogP contribution in [0.15, 0.2) is 30.3 Å². The second kappa shape index (κ2) is 8.03. The molecule has 0 radical (unpaired) electrons. The van der Waals surface area contributed by atoms with Gasteiger partial charge in [-0.3, -0.25) is 9.69 Å². The van der Waals surface area contributed by atoms with Crippen molar-refractivity contribution in [3.63, 3.8) is 0 Å². The van der Waals surface area contributed by atoms with E-state index in [0.717, 1.165) is 5.56 Å². The van der Waals surface area contributed by atoms with Crippen LogP contribution in [0.1, 0.15) is 36.7 Å². The van der Waals surface area contributed by atoms with Crippen molar-refractivity contribution in [2.24, 2.45) is 0 Å². The maximum absolute atomic E-state index is 12.4. The number of rotatable bonds is 5. The molecule has 3 rings (SSSR count). The third-order valence-electron chi connectivity index (χ3n) is 4.27. The molecular formula is C19H22N4O4. The topological polar surface area (TPSA) is 108 Å². The summed E-state index contributed by atoms with van der Waals surface area (Å²) in [6, 6.07) is 9.71. The van der Waals surface area contributed by atoms with Gasteiger partial charge >= 0.3 is 12.1 Å². The van der Waals surface area contributed by atoms with E-state index in [1.54, 1.807) is 13.8 Å². The summed E-state index contributed by atoms with van der Waals surface area (Å²) in [6.07, 6.45) is -0.616. The van der Waals surface area contributed by atoms with Crippen molar-refractivity contribution in [1.82, 2.24) is 9.97 Å². The highest BCUT2D eigenvalue weighted by Crippen LogP contribution is 2.42. The second-order valence-corrected chi connectivity index (χ2v) is 6.02. The largest absolute Gasteiger partial charge is 0.466 e. The Hall–Kier alpha value is -3.16. The van der Waals surface area contributed by atoms with Crippen LogP contribution in [-0.2, 0) is 20.7 Å². The normalized spacial score (nSPS) is 15.3. The number of carbonyl (C=O) groups is 2. The molecule has 0 bridgehead atoms. The Balaban J connectivity index is 2.02. The predicted octanol–water partition coefficient (Wildman–Crippen LogP) is 2.27. The maximum atomic E-state index is 12.4. The molecule has 2 heterocycles. The Bertz CT molecular complexity index is 841. The van der Waals surface area contributed by atoms with Crippen LogP contribution in [0.3, 0.4) is 0 Å². The van der Waals surface area contributed by atoms with Gasteiger partial charge in [-0.2, -0.15) is 0 Å². The zero-order valence-electron chi connectivity index (χ0n) is 15.3. The molecule has 8 heteroatoms. The third kappa shape index (κ3) is 3.84. The first-order valence-corrected chi connectivity index (χ1v) is 8.86. The van der Waals surface area contributed by atoms with Crippen molar-refractivity contribution in [3.8, 4) is 0 Å². The van der Waals surface area contributed by atoms with Gasteiger partial charge in [-0.25, -0.2) is 14.8 Å². The number of fused-ring (bicyclic) bond motifs is 1. The summed E-state index contributed by atoms with van der Waals surface area (Å²) in [5, 5.41) is 0. The Morgan fingerprint density at radius 3 is 2.52 bits per heavy atom. The van der Waals surface area contributed by atoms with Crippen LogP contribution in [0.2, 0.25) is 0 Å². The number of carbonyl (C=O) groups excluding carboxylic acids is 2. The van der Waals surface area contributed by atoms with Crippen LogP contribution in [-0.4, -0.2) is 41.8 Å². The van der Waals surface area contributed by atoms with E-state index in [1.807, 2.05) is 30.3 Å². The molecule has 2 aromatic rings. The van der Waals surface area contributed by atoms with Gasteiger partial charge in [0.2, 0.25) is 0 Å². The van der Waals surface area contributed by atoms with Crippen LogP contribution >= 0.6 is 0 Å². The molecule has 27 heavy (non-hydrogen) atoms. The number of nitrogens with zero attached hydrogens (tertiary/aromatic N) is 3. The first kappa shape index (κ1) is 18.6. The highest BCUT2D eigenvalue weighted by Gasteiger charge is 2.38. The number of hydrogen-bond donors (Lipinski definition) is 1. The van der Waals surface area contributed by atoms with Crippen LogP contribution in [0, 0.1) is 0 Å². The summed E-state index contributed by atoms with van der Waals surface area (Å²) in [4.78, 5) is 34.4. The minimum atomic E-state index is -0.502. The van der Waals surface area contributed by atoms with E-state index in [0.29, 0.717) is 17.9 Å². The molecule has 1 aliphatic heterocycles. The van der Waals surface area contributed by atoms with Gasteiger partial charge in [-0.05, 0) is 19.4 Å². The molecular weight excluding hydrogens is 348 g/mol. The van der Waals surface area contributed by atoms with E-state index in [9.17, 15) is 9.59 Å². The molecule has 1 amide bonds. The van der Waals surface area contributed by atoms with E-state index in [1.165, 1.54) is 4.90 Å². The van der Waals surface area contributed by atoms with E-state index in [-0.39, 0.29) is 37.2 Å². The molecule has 1 aromatic heterocycles. The van der Waals surface area contributed by atoms with Gasteiger partial charge in [-0.1, -0.05) is 30.3 Å². The van der Waals surface area contributed by atoms with E-state index in [2.05, 4.69) is 9.97 Å². The van der Waals surface area contributed by atoms with Crippen molar-refractivity contribution in [2.75, 3.05) is 30.4 Å². The lowest BCUT2D eigenvalue weighted by Gasteiger charge is -2.16. The number of aromatic nitrogens is 2. The molecule has 1 aliphatic rings. The van der Waals surface area contributed by atoms with Crippen LogP contribution in [0.4, 0.5) is 16.4 Å². The van der Waals surface area contributed by atoms with Gasteiger partial charge in [0.1, 0.15) is 23.9 Å². The molecule has 1 atom stereocenters. The molecule has 1 aromatic carbocycles. The number of ether oxygens (including phenoxy) is 2. The highest BCUT2D eigenvalue weighted by molar-refractivity contribution is 5.91. The number of amides is 1. The monoisotopic (exact) mass is 370 g/mol. The molecule has 142 valence electrons. The van der Waals surface area contributed by atoms with Gasteiger partial charge in [0, 0.05) is 18.0 Å². The summed E-state index contributed by atoms with van der Waals surface area (Å²) in [5.41, 5.74) is 7.87. The number of nitrogens with two attached hydrogens (primary N) is 1. The van der Waals surface area contributed by atoms with E-state index in [4.69, 9.17) is 15.2 Å². The summed E-state index contributed by atoms with van der Waals surface area (Å²) in [7, 11) is 0. The zero-order valence-corrected chi connectivity index (χ0v) is 15.3. The Morgan fingerprint density at radius 2 is 1.85 bits per heavy atom. The maximum Gasteiger partial charge on any atom is 0.415 e. The van der Waals surface area contributed by atoms with Gasteiger partial charge in [0.15, 0.2) is 0 Å². The summed E-state index contributed by atoms with van der Waals surface area (Å²) in [5.74, 6) is 0.237. The number of hydrogen-bond acceptors (Lipinski definition) is 7. The lowest BCUT2D eigenvalue weighted by Crippen LogP contribution is -2.31. The van der Waals surface area contributed by atoms with Gasteiger partial charge in [0.25, 0.3) is 0 Å². The lowest BCUT2D eigenvalue weighted by molar-refractivity contribution is -0.142. The molecule has 0 fully saturated rings. The number of anilines is 2. The van der Waals surface area contributed by atoms with Crippen molar-refractivity contribution in [2.45, 2.75) is 26.2 Å². The Morgan fingerprint density at radius 1 is 1.15 bits per heavy atom. The Labute approximate surface area is 157 Å². The lowest BCUT2D eigenvalue weighted by atomic mass is 9.94. The van der Waals surface area contributed by atoms with Crippen LogP contribution in [0.25, 0.3) is 0 Å². The molecule has 0 saturated heterocycles. The van der Waals surface area contributed by atoms with E-state index >= 15 is 0 Å². The molecule has 8 nitrogen and oxygen atoms in total. The molecule has 0 aliphatic carbocycles. The highest BCUT2D eigenvalue weighted by atomic mass is 16.6. The van der Waals surface area contributed by atoms with Crippen molar-refractivity contribution < 1.29 is 19.1 Å². The SMILES string of the molecule is CCOC(=O)Cc1nc(N)c2c(n1)N(C(=O)OCC)C[C@H]2c1ccccc1. The summed E-state index contributed by atoms with van der Waals surface area (Å²) >= 11 is 0. The molecule has 0 unspecified atom stereocenters. The number of esters is 1. The second-order valence-electron chi connectivity index (χ2n) is 6.02. The van der Waals surface area contributed by atoms with Gasteiger partial charge in [0.05, 0.1) is 13.2 Å². The molecule has 0 spiro atoms. The molecule has 2 N–H and O–H groups in total. The first-order chi connectivity index (χ1) is 13.0. The van der Waals surface area contributed by atoms with Gasteiger partial charge < -0.3 is 15.2 Å². The van der Waals surface area contributed by atoms with Crippen LogP contribution in [0.5, 0.6) is 0 Å². The van der Waals surface area contributed by atoms with Crippen molar-refractivity contribution in [1.29, 1.82) is 0 Å². The van der Waals surface area contributed by atoms with E-state index < -0.39 is 12.1 Å². The minimum Gasteiger partial charge on any atom is -0.466 e. The fourth-order valence-corrected chi connectivity index (χ4v) is 3.16. The first-order valence-electron chi connectivity index (χ1n) is 8.86. The smallest absolute Gasteiger partial charge is 0.415 e. The van der Waals surface area contributed by atoms with Gasteiger partial charge in [-0.15, -0.1) is 0 Å². The minimum absolute atomic E-state index is 0.113. The quantitative estimate of drug-likeness (QED) is 0.804. The predicted molar refractivity (Wildman–Crippen MR) is 99.4 cm³/mol. The fourth-order valence-electron chi connectivity index (χ4n) is 3.16. The average molecular weight is 370 g/mol. The zero-order chi connectivity index (χ0) is 19.4. The molecule has 0 saturated carbocycles. The fraction of sp³-hybridized carbons (Fsp3) is 0.368. The van der Waals surface area contributed by atoms with Crippen molar-refractivity contribution in [3.05, 3.63) is 47.3 Å². The average Bonchev–Trinajstić information content (AvgIpc) is 3.03. The van der Waals surface area contributed by atoms with Crippen LogP contribution < -0.4 is 10.6 Å². The Kier molecular flexibility index (Phi) is 5.54. The third-order valence-corrected chi connectivity index (χ3v) is 4.27. The number of benzene rings is 1. The summed E-state index contributed by atoms with van der Waals surface area (Å²) in [6.45, 7) is 4.33. The number of nitrogen functional groups attached to an aromatic ring is 1. The standard InChI is InChI=1S/C19H22N4O4/c1-3-26-15(24)10-14-21-17(20)16-13(12-8-6-5-7-9-12)11-23(18(16)22-14)19(25)27-4-2/h5-9,13H,3-4,10-11H2,1-2H3,(H2,20,21,22)/t13-/m0/s1.